The molecule has 132 valence electrons. The van der Waals surface area contributed by atoms with Crippen molar-refractivity contribution < 1.29 is 9.63 Å². The van der Waals surface area contributed by atoms with Crippen molar-refractivity contribution >= 4 is 52.2 Å². The van der Waals surface area contributed by atoms with Crippen molar-refractivity contribution in [2.75, 3.05) is 11.6 Å². The van der Waals surface area contributed by atoms with E-state index in [1.54, 1.807) is 47.4 Å². The third-order valence-corrected chi connectivity index (χ3v) is 6.39. The molecule has 0 unspecified atom stereocenters. The van der Waals surface area contributed by atoms with E-state index in [-0.39, 0.29) is 5.41 Å². The Labute approximate surface area is 160 Å². The zero-order chi connectivity index (χ0) is 18.0. The number of nitrogens with one attached hydrogen (secondary N) is 1. The van der Waals surface area contributed by atoms with Crippen molar-refractivity contribution in [1.29, 1.82) is 0 Å². The monoisotopic (exact) mass is 394 g/mol. The molecule has 4 nitrogen and oxygen atoms in total. The number of fused-ring (bicyclic) bond motifs is 1. The molecule has 0 atom stereocenters. The predicted molar refractivity (Wildman–Crippen MR) is 106 cm³/mol. The SMILES string of the molecule is CSc1scc2c1/C(=N\OC(=O)Nc1ccc(Cl)cc1)CC(C)(C)C2. The Hall–Kier alpha value is -1.50. The smallest absolute Gasteiger partial charge is 0.297 e. The molecule has 1 aliphatic carbocycles. The average Bonchev–Trinajstić information content (AvgIpc) is 2.96. The van der Waals surface area contributed by atoms with Crippen LogP contribution in [0.25, 0.3) is 0 Å². The summed E-state index contributed by atoms with van der Waals surface area (Å²) >= 11 is 9.26. The van der Waals surface area contributed by atoms with Gasteiger partial charge < -0.3 is 0 Å². The highest BCUT2D eigenvalue weighted by atomic mass is 35.5. The van der Waals surface area contributed by atoms with Crippen LogP contribution in [0.5, 0.6) is 0 Å². The first-order valence-corrected chi connectivity index (χ1v) is 10.3. The maximum Gasteiger partial charge on any atom is 0.437 e. The molecule has 0 bridgehead atoms. The van der Waals surface area contributed by atoms with Crippen LogP contribution in [0.15, 0.2) is 39.0 Å². The van der Waals surface area contributed by atoms with Crippen LogP contribution < -0.4 is 5.32 Å². The number of carbonyl (C=O) groups excluding carboxylic acids is 1. The number of halogens is 1. The number of carbonyl (C=O) groups is 1. The molecule has 1 aliphatic rings. The summed E-state index contributed by atoms with van der Waals surface area (Å²) in [5.74, 6) is 0. The van der Waals surface area contributed by atoms with Crippen molar-refractivity contribution in [2.45, 2.75) is 30.9 Å². The van der Waals surface area contributed by atoms with Crippen molar-refractivity contribution in [3.63, 3.8) is 0 Å². The Kier molecular flexibility index (Phi) is 5.41. The Balaban J connectivity index is 1.77. The third-order valence-electron chi connectivity index (χ3n) is 3.95. The second-order valence-corrected chi connectivity index (χ2v) is 9.08. The molecule has 3 rings (SSSR count). The van der Waals surface area contributed by atoms with Gasteiger partial charge in [-0.3, -0.25) is 10.2 Å². The van der Waals surface area contributed by atoms with Gasteiger partial charge in [0.05, 0.1) is 9.92 Å². The van der Waals surface area contributed by atoms with Crippen molar-refractivity contribution in [3.05, 3.63) is 45.8 Å². The summed E-state index contributed by atoms with van der Waals surface area (Å²) in [5.41, 5.74) is 3.96. The van der Waals surface area contributed by atoms with E-state index in [2.05, 4.69) is 36.0 Å². The van der Waals surface area contributed by atoms with E-state index in [4.69, 9.17) is 16.4 Å². The minimum atomic E-state index is -0.610. The average molecular weight is 395 g/mol. The molecule has 0 spiro atoms. The summed E-state index contributed by atoms with van der Waals surface area (Å²) in [5, 5.41) is 9.63. The summed E-state index contributed by atoms with van der Waals surface area (Å²) in [4.78, 5) is 17.2. The van der Waals surface area contributed by atoms with Gasteiger partial charge in [-0.15, -0.1) is 23.1 Å². The van der Waals surface area contributed by atoms with Crippen LogP contribution >= 0.6 is 34.7 Å². The fraction of sp³-hybridized carbons (Fsp3) is 0.333. The highest BCUT2D eigenvalue weighted by Gasteiger charge is 2.33. The summed E-state index contributed by atoms with van der Waals surface area (Å²) in [6, 6.07) is 6.83. The number of amides is 1. The molecule has 1 aromatic carbocycles. The number of nitrogens with zero attached hydrogens (tertiary/aromatic N) is 1. The normalized spacial score (nSPS) is 17.2. The minimum Gasteiger partial charge on any atom is -0.297 e. The highest BCUT2D eigenvalue weighted by molar-refractivity contribution is 8.00. The van der Waals surface area contributed by atoms with Crippen molar-refractivity contribution in [1.82, 2.24) is 0 Å². The van der Waals surface area contributed by atoms with Crippen LogP contribution in [0.3, 0.4) is 0 Å². The molecule has 7 heteroatoms. The van der Waals surface area contributed by atoms with E-state index >= 15 is 0 Å². The molecule has 1 aromatic heterocycles. The Bertz CT molecular complexity index is 813. The van der Waals surface area contributed by atoms with Crippen LogP contribution in [0.2, 0.25) is 5.02 Å². The van der Waals surface area contributed by atoms with Gasteiger partial charge >= 0.3 is 6.09 Å². The number of rotatable bonds is 3. The maximum absolute atomic E-state index is 12.0. The summed E-state index contributed by atoms with van der Waals surface area (Å²) in [6.07, 6.45) is 3.23. The molecular formula is C18H19ClN2O2S2. The van der Waals surface area contributed by atoms with Crippen LogP contribution in [0.1, 0.15) is 31.4 Å². The molecule has 2 aromatic rings. The molecule has 1 heterocycles. The Morgan fingerprint density at radius 1 is 1.32 bits per heavy atom. The number of hydrogen-bond donors (Lipinski definition) is 1. The molecule has 0 saturated carbocycles. The second kappa shape index (κ2) is 7.40. The van der Waals surface area contributed by atoms with Gasteiger partial charge in [-0.1, -0.05) is 30.6 Å². The number of hydrogen-bond acceptors (Lipinski definition) is 5. The van der Waals surface area contributed by atoms with Gasteiger partial charge in [-0.25, -0.2) is 4.79 Å². The molecular weight excluding hydrogens is 376 g/mol. The van der Waals surface area contributed by atoms with Gasteiger partial charge in [-0.2, -0.15) is 0 Å². The van der Waals surface area contributed by atoms with E-state index in [0.29, 0.717) is 10.7 Å². The fourth-order valence-electron chi connectivity index (χ4n) is 2.93. The quantitative estimate of drug-likeness (QED) is 0.391. The molecule has 1 amide bonds. The van der Waals surface area contributed by atoms with Gasteiger partial charge in [0.25, 0.3) is 0 Å². The largest absolute Gasteiger partial charge is 0.437 e. The number of thiophene rings is 1. The van der Waals surface area contributed by atoms with Gasteiger partial charge in [0, 0.05) is 16.3 Å². The first-order chi connectivity index (χ1) is 11.9. The van der Waals surface area contributed by atoms with Crippen LogP contribution in [-0.2, 0) is 11.3 Å². The minimum absolute atomic E-state index is 0.0958. The number of thioether (sulfide) groups is 1. The van der Waals surface area contributed by atoms with Crippen molar-refractivity contribution in [3.8, 4) is 0 Å². The Morgan fingerprint density at radius 2 is 2.04 bits per heavy atom. The lowest BCUT2D eigenvalue weighted by Gasteiger charge is -2.30. The summed E-state index contributed by atoms with van der Waals surface area (Å²) in [7, 11) is 0. The molecule has 0 fully saturated rings. The second-order valence-electron chi connectivity index (χ2n) is 6.69. The van der Waals surface area contributed by atoms with Gasteiger partial charge in [-0.05, 0) is 59.7 Å². The summed E-state index contributed by atoms with van der Waals surface area (Å²) in [6.45, 7) is 4.41. The van der Waals surface area contributed by atoms with Crippen molar-refractivity contribution in [2.24, 2.45) is 10.6 Å². The van der Waals surface area contributed by atoms with E-state index in [1.165, 1.54) is 9.77 Å². The lowest BCUT2D eigenvalue weighted by molar-refractivity contribution is 0.165. The van der Waals surface area contributed by atoms with E-state index in [0.717, 1.165) is 24.1 Å². The van der Waals surface area contributed by atoms with Gasteiger partial charge in [0.1, 0.15) is 0 Å². The van der Waals surface area contributed by atoms with Gasteiger partial charge in [0.2, 0.25) is 0 Å². The molecule has 0 saturated heterocycles. The maximum atomic E-state index is 12.0. The zero-order valence-electron chi connectivity index (χ0n) is 14.3. The molecule has 1 N–H and O–H groups in total. The lowest BCUT2D eigenvalue weighted by atomic mass is 9.75. The first kappa shape index (κ1) is 18.3. The third kappa shape index (κ3) is 4.37. The van der Waals surface area contributed by atoms with Crippen LogP contribution in [0, 0.1) is 5.41 Å². The standard InChI is InChI=1S/C18H19ClN2O2S2/c1-18(2)8-11-10-25-16(24-3)15(11)14(9-18)21-23-17(22)20-13-6-4-12(19)5-7-13/h4-7,10H,8-9H2,1-3H3,(H,20,22)/b21-14-. The number of benzene rings is 1. The van der Waals surface area contributed by atoms with E-state index in [1.807, 2.05) is 0 Å². The number of oxime groups is 1. The van der Waals surface area contributed by atoms with E-state index < -0.39 is 6.09 Å². The van der Waals surface area contributed by atoms with Crippen LogP contribution in [0.4, 0.5) is 10.5 Å². The predicted octanol–water partition coefficient (Wildman–Crippen LogP) is 6.05. The highest BCUT2D eigenvalue weighted by Crippen LogP contribution is 2.42. The van der Waals surface area contributed by atoms with Gasteiger partial charge in [0.15, 0.2) is 0 Å². The Morgan fingerprint density at radius 3 is 2.72 bits per heavy atom. The summed E-state index contributed by atoms with van der Waals surface area (Å²) < 4.78 is 1.21. The molecule has 0 aliphatic heterocycles. The first-order valence-electron chi connectivity index (χ1n) is 7.83. The zero-order valence-corrected chi connectivity index (χ0v) is 16.6. The topological polar surface area (TPSA) is 50.7 Å². The molecule has 25 heavy (non-hydrogen) atoms. The lowest BCUT2D eigenvalue weighted by Crippen LogP contribution is -2.27. The van der Waals surface area contributed by atoms with E-state index in [9.17, 15) is 4.79 Å². The fourth-order valence-corrected chi connectivity index (χ4v) is 4.85. The van der Waals surface area contributed by atoms with Crippen LogP contribution in [-0.4, -0.2) is 18.1 Å². The number of anilines is 1. The molecule has 0 radical (unpaired) electrons.